The molecule has 0 aliphatic carbocycles. The lowest BCUT2D eigenvalue weighted by molar-refractivity contribution is -0.000451. The van der Waals surface area contributed by atoms with Crippen LogP contribution in [0, 0.1) is 5.92 Å². The van der Waals surface area contributed by atoms with Crippen LogP contribution in [0.25, 0.3) is 0 Å². The number of urea groups is 1. The number of anilines is 2. The van der Waals surface area contributed by atoms with Crippen molar-refractivity contribution in [3.05, 3.63) is 42.0 Å². The average molecular weight is 571 g/mol. The average Bonchev–Trinajstić information content (AvgIpc) is 3.42. The molecule has 0 bridgehead atoms. The topological polar surface area (TPSA) is 131 Å². The molecule has 11 heteroatoms. The highest BCUT2D eigenvalue weighted by Gasteiger charge is 2.30. The Bertz CT molecular complexity index is 1190. The molecule has 4 N–H and O–H groups in total. The van der Waals surface area contributed by atoms with Gasteiger partial charge in [-0.05, 0) is 70.5 Å². The Hall–Kier alpha value is -3.54. The van der Waals surface area contributed by atoms with E-state index in [1.807, 2.05) is 20.9 Å². The van der Waals surface area contributed by atoms with Crippen LogP contribution in [-0.4, -0.2) is 80.3 Å². The molecular formula is C30H42N4O7. The Morgan fingerprint density at radius 2 is 1.76 bits per heavy atom. The smallest absolute Gasteiger partial charge is 0.323 e. The number of aliphatic hydroxyl groups is 1. The number of aliphatic hydroxyl groups excluding tert-OH is 1. The van der Waals surface area contributed by atoms with Crippen molar-refractivity contribution in [2.75, 3.05) is 50.8 Å². The third-order valence-electron chi connectivity index (χ3n) is 7.35. The fourth-order valence-corrected chi connectivity index (χ4v) is 4.96. The predicted molar refractivity (Wildman–Crippen MR) is 156 cm³/mol. The molecule has 2 heterocycles. The first-order valence-electron chi connectivity index (χ1n) is 14.3. The van der Waals surface area contributed by atoms with Crippen molar-refractivity contribution < 1.29 is 33.6 Å². The summed E-state index contributed by atoms with van der Waals surface area (Å²) in [5, 5.41) is 18.8. The summed E-state index contributed by atoms with van der Waals surface area (Å²) in [7, 11) is 1.88. The van der Waals surface area contributed by atoms with E-state index in [0.717, 1.165) is 19.3 Å². The number of ether oxygens (including phenoxy) is 4. The molecule has 0 saturated heterocycles. The van der Waals surface area contributed by atoms with Gasteiger partial charge in [-0.2, -0.15) is 0 Å². The van der Waals surface area contributed by atoms with E-state index in [9.17, 15) is 14.7 Å². The number of likely N-dealkylation sites (N-methyl/N-ethyl adjacent to an activating group) is 1. The van der Waals surface area contributed by atoms with Gasteiger partial charge in [0.2, 0.25) is 6.79 Å². The molecular weight excluding hydrogens is 528 g/mol. The molecule has 3 amide bonds. The van der Waals surface area contributed by atoms with Crippen molar-refractivity contribution in [3.63, 3.8) is 0 Å². The van der Waals surface area contributed by atoms with Gasteiger partial charge in [0, 0.05) is 43.1 Å². The minimum atomic E-state index is -0.479. The van der Waals surface area contributed by atoms with E-state index in [4.69, 9.17) is 18.9 Å². The zero-order chi connectivity index (χ0) is 29.4. The summed E-state index contributed by atoms with van der Waals surface area (Å²) < 4.78 is 23.2. The number of nitrogens with zero attached hydrogens (tertiary/aromatic N) is 1. The largest absolute Gasteiger partial charge is 0.490 e. The standard InChI is InChI=1S/C30H42N4O7/c1-19-16-34(20(2)17-35)29(36)24-13-22(32-30(37)33-23-9-11-26-27(14-23)40-18-39-26)8-10-25(24)41-21(3)7-5-6-12-38-28(19)15-31-4/h8-11,13-14,19-21,28,31,35H,5-7,12,15-18H2,1-4H3,(H2,32,33,37)/t19-,20+,21-,28+/m1/s1. The lowest BCUT2D eigenvalue weighted by atomic mass is 10.0. The van der Waals surface area contributed by atoms with Crippen molar-refractivity contribution in [2.24, 2.45) is 5.92 Å². The van der Waals surface area contributed by atoms with Gasteiger partial charge < -0.3 is 44.9 Å². The van der Waals surface area contributed by atoms with E-state index in [1.165, 1.54) is 0 Å². The number of rotatable bonds is 6. The molecule has 4 atom stereocenters. The van der Waals surface area contributed by atoms with Crippen LogP contribution < -0.4 is 30.2 Å². The first-order chi connectivity index (χ1) is 19.8. The first-order valence-corrected chi connectivity index (χ1v) is 14.3. The van der Waals surface area contributed by atoms with Crippen LogP contribution in [0.5, 0.6) is 17.2 Å². The second kappa shape index (κ2) is 14.4. The zero-order valence-electron chi connectivity index (χ0n) is 24.3. The quantitative estimate of drug-likeness (QED) is 0.409. The molecule has 2 aliphatic rings. The summed E-state index contributed by atoms with van der Waals surface area (Å²) in [5.41, 5.74) is 1.27. The molecule has 2 aromatic rings. The molecule has 0 spiro atoms. The molecule has 224 valence electrons. The fourth-order valence-electron chi connectivity index (χ4n) is 4.96. The number of carbonyl (C=O) groups excluding carboxylic acids is 2. The van der Waals surface area contributed by atoms with Crippen LogP contribution in [0.15, 0.2) is 36.4 Å². The van der Waals surface area contributed by atoms with Crippen molar-refractivity contribution in [1.29, 1.82) is 0 Å². The maximum absolute atomic E-state index is 14.1. The second-order valence-electron chi connectivity index (χ2n) is 10.7. The normalized spacial score (nSPS) is 22.2. The number of nitrogens with one attached hydrogen (secondary N) is 3. The van der Waals surface area contributed by atoms with Crippen LogP contribution in [-0.2, 0) is 4.74 Å². The number of hydrogen-bond donors (Lipinski definition) is 4. The fraction of sp³-hybridized carbons (Fsp3) is 0.533. The molecule has 0 saturated carbocycles. The maximum Gasteiger partial charge on any atom is 0.323 e. The van der Waals surface area contributed by atoms with E-state index in [0.29, 0.717) is 53.9 Å². The minimum absolute atomic E-state index is 0.000388. The molecule has 0 radical (unpaired) electrons. The Morgan fingerprint density at radius 3 is 2.49 bits per heavy atom. The summed E-state index contributed by atoms with van der Waals surface area (Å²) >= 11 is 0. The number of benzene rings is 2. The molecule has 0 aromatic heterocycles. The molecule has 0 unspecified atom stereocenters. The molecule has 2 aliphatic heterocycles. The molecule has 4 rings (SSSR count). The van der Waals surface area contributed by atoms with Crippen LogP contribution in [0.2, 0.25) is 0 Å². The minimum Gasteiger partial charge on any atom is -0.490 e. The van der Waals surface area contributed by atoms with Crippen molar-refractivity contribution in [3.8, 4) is 17.2 Å². The summed E-state index contributed by atoms with van der Waals surface area (Å²) in [6, 6.07) is 9.26. The Morgan fingerprint density at radius 1 is 1.05 bits per heavy atom. The molecule has 11 nitrogen and oxygen atoms in total. The first kappa shape index (κ1) is 30.4. The summed E-state index contributed by atoms with van der Waals surface area (Å²) in [5.74, 6) is 1.32. The van der Waals surface area contributed by atoms with E-state index < -0.39 is 12.1 Å². The van der Waals surface area contributed by atoms with Crippen LogP contribution in [0.3, 0.4) is 0 Å². The van der Waals surface area contributed by atoms with Crippen molar-refractivity contribution in [2.45, 2.75) is 58.3 Å². The van der Waals surface area contributed by atoms with Crippen molar-refractivity contribution >= 4 is 23.3 Å². The van der Waals surface area contributed by atoms with E-state index in [-0.39, 0.29) is 37.4 Å². The van der Waals surface area contributed by atoms with E-state index >= 15 is 0 Å². The van der Waals surface area contributed by atoms with Crippen LogP contribution in [0.1, 0.15) is 50.4 Å². The van der Waals surface area contributed by atoms with Gasteiger partial charge in [-0.1, -0.05) is 6.92 Å². The number of fused-ring (bicyclic) bond motifs is 2. The molecule has 0 fully saturated rings. The number of amides is 3. The highest BCUT2D eigenvalue weighted by molar-refractivity contribution is 6.02. The molecule has 41 heavy (non-hydrogen) atoms. The van der Waals surface area contributed by atoms with E-state index in [1.54, 1.807) is 41.3 Å². The lowest BCUT2D eigenvalue weighted by Crippen LogP contribution is -2.47. The van der Waals surface area contributed by atoms with Crippen LogP contribution >= 0.6 is 0 Å². The maximum atomic E-state index is 14.1. The Labute approximate surface area is 241 Å². The number of hydrogen-bond acceptors (Lipinski definition) is 8. The van der Waals surface area contributed by atoms with Crippen molar-refractivity contribution in [1.82, 2.24) is 10.2 Å². The highest BCUT2D eigenvalue weighted by Crippen LogP contribution is 2.34. The lowest BCUT2D eigenvalue weighted by Gasteiger charge is -2.34. The SMILES string of the molecule is CNC[C@@H]1OCCCC[C@@H](C)Oc2ccc(NC(=O)Nc3ccc4c(c3)OCO4)cc2C(=O)N([C@@H](C)CO)C[C@H]1C. The molecule has 2 aromatic carbocycles. The van der Waals surface area contributed by atoms with Crippen LogP contribution in [0.4, 0.5) is 16.2 Å². The predicted octanol–water partition coefficient (Wildman–Crippen LogP) is 4.07. The zero-order valence-corrected chi connectivity index (χ0v) is 24.3. The Kier molecular flexibility index (Phi) is 10.7. The third kappa shape index (κ3) is 8.02. The van der Waals surface area contributed by atoms with Gasteiger partial charge in [0.15, 0.2) is 11.5 Å². The number of carbonyl (C=O) groups is 2. The van der Waals surface area contributed by atoms with Gasteiger partial charge in [-0.15, -0.1) is 0 Å². The van der Waals surface area contributed by atoms with Gasteiger partial charge in [-0.25, -0.2) is 4.79 Å². The highest BCUT2D eigenvalue weighted by atomic mass is 16.7. The van der Waals surface area contributed by atoms with Gasteiger partial charge in [0.05, 0.1) is 30.4 Å². The second-order valence-corrected chi connectivity index (χ2v) is 10.7. The monoisotopic (exact) mass is 570 g/mol. The third-order valence-corrected chi connectivity index (χ3v) is 7.35. The summed E-state index contributed by atoms with van der Waals surface area (Å²) in [4.78, 5) is 28.6. The van der Waals surface area contributed by atoms with Gasteiger partial charge in [-0.3, -0.25) is 4.79 Å². The summed E-state index contributed by atoms with van der Waals surface area (Å²) in [6.45, 7) is 7.45. The Balaban J connectivity index is 1.60. The van der Waals surface area contributed by atoms with Gasteiger partial charge in [0.1, 0.15) is 5.75 Å². The summed E-state index contributed by atoms with van der Waals surface area (Å²) in [6.07, 6.45) is 2.42. The van der Waals surface area contributed by atoms with E-state index in [2.05, 4.69) is 22.9 Å². The van der Waals surface area contributed by atoms with Gasteiger partial charge in [0.25, 0.3) is 5.91 Å². The van der Waals surface area contributed by atoms with Gasteiger partial charge >= 0.3 is 6.03 Å².